The zero-order valence-corrected chi connectivity index (χ0v) is 9.49. The van der Waals surface area contributed by atoms with Crippen LogP contribution in [0.3, 0.4) is 0 Å². The van der Waals surface area contributed by atoms with E-state index in [0.29, 0.717) is 12.4 Å². The Labute approximate surface area is 82.2 Å². The zero-order chi connectivity index (χ0) is 9.14. The molecular weight excluding hydrogens is 239 g/mol. The van der Waals surface area contributed by atoms with Crippen molar-refractivity contribution >= 4 is 31.1 Å². The molecule has 3 nitrogen and oxygen atoms in total. The molecule has 1 rings (SSSR count). The van der Waals surface area contributed by atoms with Crippen molar-refractivity contribution in [2.45, 2.75) is 6.92 Å². The molecule has 0 aliphatic heterocycles. The normalized spacial score (nSPS) is 9.92. The van der Waals surface area contributed by atoms with Gasteiger partial charge in [-0.2, -0.15) is 5.10 Å². The topological polar surface area (TPSA) is 27.1 Å². The lowest BCUT2D eigenvalue weighted by Crippen LogP contribution is -1.94. The van der Waals surface area contributed by atoms with E-state index in [0.717, 1.165) is 10.3 Å². The van der Waals surface area contributed by atoms with Crippen LogP contribution in [0.25, 0.3) is 5.76 Å². The minimum absolute atomic E-state index is 0.617. The highest BCUT2D eigenvalue weighted by molar-refractivity contribution is 9.10. The highest BCUT2D eigenvalue weighted by Crippen LogP contribution is 2.20. The molecule has 0 aliphatic rings. The van der Waals surface area contributed by atoms with E-state index in [4.69, 9.17) is 4.74 Å². The van der Waals surface area contributed by atoms with Crippen molar-refractivity contribution in [3.05, 3.63) is 22.9 Å². The number of nitrogens with zero attached hydrogens (tertiary/aromatic N) is 2. The third-order valence-electron chi connectivity index (χ3n) is 1.31. The fraction of sp³-hybridized carbons (Fsp3) is 0.286. The van der Waals surface area contributed by atoms with Crippen LogP contribution < -0.4 is 0 Å². The molecule has 0 bridgehead atoms. The summed E-state index contributed by atoms with van der Waals surface area (Å²) >= 11 is 3.26. The highest BCUT2D eigenvalue weighted by Gasteiger charge is 2.06. The van der Waals surface area contributed by atoms with Gasteiger partial charge in [0.1, 0.15) is 16.1 Å². The minimum atomic E-state index is 0.617. The average Bonchev–Trinajstić information content (AvgIpc) is 2.30. The van der Waals surface area contributed by atoms with Gasteiger partial charge in [-0.1, -0.05) is 6.58 Å². The molecule has 12 heavy (non-hydrogen) atoms. The summed E-state index contributed by atoms with van der Waals surface area (Å²) in [7, 11) is 2.46. The fourth-order valence-corrected chi connectivity index (χ4v) is 1.72. The van der Waals surface area contributed by atoms with Gasteiger partial charge in [-0.15, -0.1) is 0 Å². The first kappa shape index (κ1) is 9.75. The first-order valence-corrected chi connectivity index (χ1v) is 4.78. The van der Waals surface area contributed by atoms with E-state index in [-0.39, 0.29) is 0 Å². The number of ether oxygens (including phenoxy) is 1. The SMILES string of the molecule is C=C(OCC)c1cc(Br)nn1P. The number of aromatic nitrogens is 2. The molecule has 1 unspecified atom stereocenters. The maximum Gasteiger partial charge on any atom is 0.137 e. The van der Waals surface area contributed by atoms with Crippen LogP contribution in [-0.2, 0) is 4.74 Å². The average molecular weight is 249 g/mol. The Bertz CT molecular complexity index is 298. The largest absolute Gasteiger partial charge is 0.492 e. The van der Waals surface area contributed by atoms with Crippen LogP contribution >= 0.6 is 25.3 Å². The maximum atomic E-state index is 5.23. The lowest BCUT2D eigenvalue weighted by Gasteiger charge is -2.05. The summed E-state index contributed by atoms with van der Waals surface area (Å²) in [5, 5.41) is 4.07. The molecule has 0 fully saturated rings. The Kier molecular flexibility index (Phi) is 3.29. The van der Waals surface area contributed by atoms with Crippen LogP contribution in [0.15, 0.2) is 17.2 Å². The molecule has 0 aliphatic carbocycles. The lowest BCUT2D eigenvalue weighted by molar-refractivity contribution is 0.297. The Morgan fingerprint density at radius 3 is 3.00 bits per heavy atom. The fourth-order valence-electron chi connectivity index (χ4n) is 0.821. The third-order valence-corrected chi connectivity index (χ3v) is 2.09. The number of halogens is 1. The molecule has 5 heteroatoms. The van der Waals surface area contributed by atoms with Crippen molar-refractivity contribution in [3.63, 3.8) is 0 Å². The number of hydrogen-bond acceptors (Lipinski definition) is 2. The summed E-state index contributed by atoms with van der Waals surface area (Å²) in [4.78, 5) is 0. The van der Waals surface area contributed by atoms with Crippen molar-refractivity contribution in [1.29, 1.82) is 0 Å². The van der Waals surface area contributed by atoms with E-state index in [1.807, 2.05) is 13.0 Å². The predicted molar refractivity (Wildman–Crippen MR) is 55.7 cm³/mol. The van der Waals surface area contributed by atoms with Gasteiger partial charge in [0.05, 0.1) is 6.61 Å². The summed E-state index contributed by atoms with van der Waals surface area (Å²) in [5.74, 6) is 0.630. The summed E-state index contributed by atoms with van der Waals surface area (Å²) < 4.78 is 7.65. The standard InChI is InChI=1S/C7H10BrN2OP/c1-3-11-5(2)6-4-7(8)9-10(6)12/h4H,2-3,12H2,1H3. The molecule has 1 aromatic rings. The second-order valence-corrected chi connectivity index (χ2v) is 3.45. The van der Waals surface area contributed by atoms with Gasteiger partial charge in [0.2, 0.25) is 0 Å². The summed E-state index contributed by atoms with van der Waals surface area (Å²) in [5.41, 5.74) is 0.855. The van der Waals surface area contributed by atoms with E-state index < -0.39 is 0 Å². The van der Waals surface area contributed by atoms with E-state index in [9.17, 15) is 0 Å². The predicted octanol–water partition coefficient (Wildman–Crippen LogP) is 2.29. The Balaban J connectivity index is 2.87. The van der Waals surface area contributed by atoms with Gasteiger partial charge in [0, 0.05) is 6.07 Å². The molecule has 0 spiro atoms. The molecule has 1 aromatic heterocycles. The van der Waals surface area contributed by atoms with Crippen LogP contribution in [0.5, 0.6) is 0 Å². The Hall–Kier alpha value is -0.340. The van der Waals surface area contributed by atoms with E-state index >= 15 is 0 Å². The van der Waals surface area contributed by atoms with Crippen molar-refractivity contribution in [3.8, 4) is 0 Å². The summed E-state index contributed by atoms with van der Waals surface area (Å²) in [6.07, 6.45) is 0. The second-order valence-electron chi connectivity index (χ2n) is 2.15. The molecule has 0 saturated heterocycles. The highest BCUT2D eigenvalue weighted by atomic mass is 79.9. The first-order chi connectivity index (χ1) is 5.65. The molecule has 0 radical (unpaired) electrons. The van der Waals surface area contributed by atoms with Gasteiger partial charge in [-0.05, 0) is 32.2 Å². The van der Waals surface area contributed by atoms with Crippen LogP contribution in [0.1, 0.15) is 12.6 Å². The number of hydrogen-bond donors (Lipinski definition) is 0. The van der Waals surface area contributed by atoms with E-state index in [1.165, 1.54) is 0 Å². The van der Waals surface area contributed by atoms with Gasteiger partial charge in [-0.25, -0.2) is 4.45 Å². The Morgan fingerprint density at radius 2 is 2.58 bits per heavy atom. The van der Waals surface area contributed by atoms with Gasteiger partial charge in [0.15, 0.2) is 0 Å². The number of rotatable bonds is 3. The summed E-state index contributed by atoms with van der Waals surface area (Å²) in [6, 6.07) is 1.85. The molecule has 66 valence electrons. The van der Waals surface area contributed by atoms with Crippen molar-refractivity contribution in [2.24, 2.45) is 0 Å². The molecule has 0 saturated carbocycles. The van der Waals surface area contributed by atoms with Crippen LogP contribution in [0.2, 0.25) is 0 Å². The van der Waals surface area contributed by atoms with Gasteiger partial charge in [-0.3, -0.25) is 0 Å². The van der Waals surface area contributed by atoms with E-state index in [2.05, 4.69) is 37.0 Å². The smallest absolute Gasteiger partial charge is 0.137 e. The molecule has 0 amide bonds. The zero-order valence-electron chi connectivity index (χ0n) is 6.75. The van der Waals surface area contributed by atoms with Crippen LogP contribution in [-0.4, -0.2) is 16.2 Å². The molecule has 1 atom stereocenters. The monoisotopic (exact) mass is 248 g/mol. The first-order valence-electron chi connectivity index (χ1n) is 3.48. The minimum Gasteiger partial charge on any atom is -0.492 e. The van der Waals surface area contributed by atoms with Crippen molar-refractivity contribution in [1.82, 2.24) is 9.55 Å². The molecular formula is C7H10BrN2OP. The molecule has 0 N–H and O–H groups in total. The van der Waals surface area contributed by atoms with Gasteiger partial charge >= 0.3 is 0 Å². The van der Waals surface area contributed by atoms with E-state index in [1.54, 1.807) is 4.45 Å². The third kappa shape index (κ3) is 2.08. The lowest BCUT2D eigenvalue weighted by atomic mass is 10.4. The van der Waals surface area contributed by atoms with Crippen LogP contribution in [0, 0.1) is 0 Å². The van der Waals surface area contributed by atoms with Gasteiger partial charge < -0.3 is 4.74 Å². The summed E-state index contributed by atoms with van der Waals surface area (Å²) in [6.45, 7) is 6.31. The van der Waals surface area contributed by atoms with Crippen LogP contribution in [0.4, 0.5) is 0 Å². The molecule has 0 aromatic carbocycles. The Morgan fingerprint density at radius 1 is 1.92 bits per heavy atom. The quantitative estimate of drug-likeness (QED) is 0.607. The van der Waals surface area contributed by atoms with Crippen molar-refractivity contribution < 1.29 is 4.74 Å². The second kappa shape index (κ2) is 4.06. The maximum absolute atomic E-state index is 5.23. The van der Waals surface area contributed by atoms with Gasteiger partial charge in [0.25, 0.3) is 0 Å². The molecule has 1 heterocycles. The van der Waals surface area contributed by atoms with Crippen molar-refractivity contribution in [2.75, 3.05) is 6.61 Å².